The van der Waals surface area contributed by atoms with E-state index in [0.29, 0.717) is 11.6 Å². The molecule has 0 N–H and O–H groups in total. The first-order valence-electron chi connectivity index (χ1n) is 12.1. The molecule has 4 atom stereocenters. The second-order valence-electron chi connectivity index (χ2n) is 10.9. The standard InChI is InChI=1S/C30H33BBr/c1-20-5-6-24(15-21(20)2)23-7-9-26(10-8-23)30-16-22(3)31-27(18-30)17-29(4,19-30)25-11-13-28(32)14-12-25/h5-15,22,27H,16-19H2,1-4H3. The van der Waals surface area contributed by atoms with Crippen LogP contribution in [0, 0.1) is 13.8 Å². The van der Waals surface area contributed by atoms with E-state index in [1.165, 1.54) is 59.1 Å². The first kappa shape index (κ1) is 22.0. The normalized spacial score (nSPS) is 29.4. The van der Waals surface area contributed by atoms with Crippen molar-refractivity contribution in [2.24, 2.45) is 0 Å². The Morgan fingerprint density at radius 3 is 2.12 bits per heavy atom. The zero-order chi connectivity index (χ0) is 22.5. The minimum Gasteiger partial charge on any atom is -0.0705 e. The number of halogens is 1. The predicted molar refractivity (Wildman–Crippen MR) is 142 cm³/mol. The topological polar surface area (TPSA) is 0 Å². The summed E-state index contributed by atoms with van der Waals surface area (Å²) < 4.78 is 1.16. The molecule has 2 bridgehead atoms. The van der Waals surface area contributed by atoms with Gasteiger partial charge in [-0.05, 0) is 95.9 Å². The molecule has 1 aliphatic heterocycles. The molecule has 1 saturated carbocycles. The second-order valence-corrected chi connectivity index (χ2v) is 11.9. The van der Waals surface area contributed by atoms with Crippen LogP contribution >= 0.6 is 15.9 Å². The van der Waals surface area contributed by atoms with Crippen molar-refractivity contribution in [1.82, 2.24) is 0 Å². The molecule has 0 nitrogen and oxygen atoms in total. The first-order valence-corrected chi connectivity index (χ1v) is 12.8. The molecule has 0 amide bonds. The molecular formula is C30H33BBr. The molecule has 1 heterocycles. The highest BCUT2D eigenvalue weighted by atomic mass is 79.9. The van der Waals surface area contributed by atoms with Gasteiger partial charge in [0.1, 0.15) is 7.28 Å². The lowest BCUT2D eigenvalue weighted by Gasteiger charge is -2.55. The number of benzene rings is 3. The van der Waals surface area contributed by atoms with Crippen molar-refractivity contribution in [3.8, 4) is 11.1 Å². The van der Waals surface area contributed by atoms with Gasteiger partial charge >= 0.3 is 0 Å². The SMILES string of the molecule is Cc1ccc(-c2ccc(C34CC(C)[B]C(CC(C)(c5ccc(Br)cc5)C3)C4)cc2)cc1C. The third kappa shape index (κ3) is 4.00. The van der Waals surface area contributed by atoms with E-state index < -0.39 is 0 Å². The lowest BCUT2D eigenvalue weighted by Crippen LogP contribution is -2.48. The zero-order valence-electron chi connectivity index (χ0n) is 19.8. The highest BCUT2D eigenvalue weighted by Gasteiger charge is 2.51. The lowest BCUT2D eigenvalue weighted by atomic mass is 9.36. The monoisotopic (exact) mass is 483 g/mol. The summed E-state index contributed by atoms with van der Waals surface area (Å²) in [6.07, 6.45) is 5.06. The number of fused-ring (bicyclic) bond motifs is 2. The fourth-order valence-electron chi connectivity index (χ4n) is 6.83. The summed E-state index contributed by atoms with van der Waals surface area (Å²) in [4.78, 5) is 0. The molecule has 0 aromatic heterocycles. The molecule has 4 unspecified atom stereocenters. The second kappa shape index (κ2) is 8.21. The summed E-state index contributed by atoms with van der Waals surface area (Å²) in [7, 11) is 2.65. The van der Waals surface area contributed by atoms with Crippen molar-refractivity contribution in [3.63, 3.8) is 0 Å². The summed E-state index contributed by atoms with van der Waals surface area (Å²) in [5.41, 5.74) is 8.88. The number of hydrogen-bond acceptors (Lipinski definition) is 0. The summed E-state index contributed by atoms with van der Waals surface area (Å²) in [6.45, 7) is 9.32. The third-order valence-electron chi connectivity index (χ3n) is 8.29. The Morgan fingerprint density at radius 1 is 0.781 bits per heavy atom. The van der Waals surface area contributed by atoms with Gasteiger partial charge in [-0.2, -0.15) is 0 Å². The van der Waals surface area contributed by atoms with Gasteiger partial charge < -0.3 is 0 Å². The predicted octanol–water partition coefficient (Wildman–Crippen LogP) is 8.82. The van der Waals surface area contributed by atoms with Gasteiger partial charge in [-0.1, -0.05) is 96.0 Å². The molecule has 32 heavy (non-hydrogen) atoms. The van der Waals surface area contributed by atoms with Crippen molar-refractivity contribution in [3.05, 3.63) is 93.5 Å². The summed E-state index contributed by atoms with van der Waals surface area (Å²) in [5.74, 6) is 1.38. The molecule has 3 aromatic rings. The van der Waals surface area contributed by atoms with Gasteiger partial charge in [-0.3, -0.25) is 0 Å². The molecule has 0 spiro atoms. The van der Waals surface area contributed by atoms with Crippen LogP contribution in [0.3, 0.4) is 0 Å². The lowest BCUT2D eigenvalue weighted by molar-refractivity contribution is 0.170. The van der Waals surface area contributed by atoms with E-state index in [1.807, 2.05) is 0 Å². The number of rotatable bonds is 3. The zero-order valence-corrected chi connectivity index (χ0v) is 21.4. The average Bonchev–Trinajstić information content (AvgIpc) is 2.75. The largest absolute Gasteiger partial charge is 0.117 e. The molecule has 5 rings (SSSR count). The maximum absolute atomic E-state index is 3.62. The van der Waals surface area contributed by atoms with Crippen LogP contribution in [0.25, 0.3) is 11.1 Å². The van der Waals surface area contributed by atoms with Crippen LogP contribution in [0.1, 0.15) is 61.8 Å². The third-order valence-corrected chi connectivity index (χ3v) is 8.81. The van der Waals surface area contributed by atoms with Crippen molar-refractivity contribution < 1.29 is 0 Å². The van der Waals surface area contributed by atoms with Crippen LogP contribution in [-0.4, -0.2) is 7.28 Å². The van der Waals surface area contributed by atoms with E-state index in [0.717, 1.165) is 4.47 Å². The minimum absolute atomic E-state index is 0.215. The fourth-order valence-corrected chi connectivity index (χ4v) is 7.10. The van der Waals surface area contributed by atoms with E-state index in [2.05, 4.69) is 118 Å². The van der Waals surface area contributed by atoms with Gasteiger partial charge in [0, 0.05) is 4.47 Å². The van der Waals surface area contributed by atoms with Crippen LogP contribution in [0.4, 0.5) is 0 Å². The van der Waals surface area contributed by atoms with Crippen molar-refractivity contribution in [2.45, 2.75) is 75.8 Å². The molecule has 1 saturated heterocycles. The van der Waals surface area contributed by atoms with Gasteiger partial charge in [0.05, 0.1) is 0 Å². The summed E-state index contributed by atoms with van der Waals surface area (Å²) in [6, 6.07) is 25.5. The Labute approximate surface area is 203 Å². The van der Waals surface area contributed by atoms with Gasteiger partial charge in [0.15, 0.2) is 0 Å². The van der Waals surface area contributed by atoms with Crippen molar-refractivity contribution in [1.29, 1.82) is 0 Å². The molecule has 163 valence electrons. The number of hydrogen-bond donors (Lipinski definition) is 0. The van der Waals surface area contributed by atoms with Crippen molar-refractivity contribution >= 4 is 23.2 Å². The highest BCUT2D eigenvalue weighted by molar-refractivity contribution is 9.10. The maximum Gasteiger partial charge on any atom is 0.117 e. The quantitative estimate of drug-likeness (QED) is 0.326. The van der Waals surface area contributed by atoms with E-state index in [9.17, 15) is 0 Å². The Balaban J connectivity index is 1.51. The highest BCUT2D eigenvalue weighted by Crippen LogP contribution is 2.59. The van der Waals surface area contributed by atoms with E-state index in [1.54, 1.807) is 0 Å². The molecule has 2 fully saturated rings. The molecule has 2 heteroatoms. The summed E-state index contributed by atoms with van der Waals surface area (Å²) in [5, 5.41) is 0. The summed E-state index contributed by atoms with van der Waals surface area (Å²) >= 11 is 3.62. The molecule has 2 aliphatic rings. The fraction of sp³-hybridized carbons (Fsp3) is 0.400. The molecular weight excluding hydrogens is 451 g/mol. The van der Waals surface area contributed by atoms with Crippen LogP contribution in [0.15, 0.2) is 71.2 Å². The van der Waals surface area contributed by atoms with Gasteiger partial charge in [-0.15, -0.1) is 0 Å². The van der Waals surface area contributed by atoms with E-state index in [-0.39, 0.29) is 10.8 Å². The minimum atomic E-state index is 0.215. The molecule has 1 aliphatic carbocycles. The molecule has 3 aromatic carbocycles. The van der Waals surface area contributed by atoms with Crippen LogP contribution < -0.4 is 0 Å². The van der Waals surface area contributed by atoms with Crippen LogP contribution in [0.2, 0.25) is 11.6 Å². The van der Waals surface area contributed by atoms with Gasteiger partial charge in [0.25, 0.3) is 0 Å². The number of aryl methyl sites for hydroxylation is 2. The van der Waals surface area contributed by atoms with E-state index >= 15 is 0 Å². The average molecular weight is 484 g/mol. The molecule has 1 radical (unpaired) electrons. The van der Waals surface area contributed by atoms with Gasteiger partial charge in [-0.25, -0.2) is 0 Å². The smallest absolute Gasteiger partial charge is 0.0705 e. The van der Waals surface area contributed by atoms with Crippen LogP contribution in [0.5, 0.6) is 0 Å². The Hall–Kier alpha value is -1.80. The first-order chi connectivity index (χ1) is 15.3. The Bertz CT molecular complexity index is 1110. The van der Waals surface area contributed by atoms with Crippen LogP contribution in [-0.2, 0) is 10.8 Å². The van der Waals surface area contributed by atoms with Gasteiger partial charge in [0.2, 0.25) is 0 Å². The van der Waals surface area contributed by atoms with Crippen molar-refractivity contribution in [2.75, 3.05) is 0 Å². The van der Waals surface area contributed by atoms with E-state index in [4.69, 9.17) is 0 Å². The maximum atomic E-state index is 3.62. The Morgan fingerprint density at radius 2 is 1.44 bits per heavy atom. The Kier molecular flexibility index (Phi) is 5.65.